The van der Waals surface area contributed by atoms with Crippen molar-refractivity contribution in [3.8, 4) is 5.75 Å². The van der Waals surface area contributed by atoms with Crippen LogP contribution in [0.3, 0.4) is 0 Å². The SMILES string of the molecule is CCN1CCN(C(=O)c2cnc3c(c2)N(Cc2ccc(OC)cc2)C(=O)CN3)CC1=O. The van der Waals surface area contributed by atoms with Crippen LogP contribution in [0.4, 0.5) is 11.5 Å². The van der Waals surface area contributed by atoms with Crippen molar-refractivity contribution < 1.29 is 19.1 Å². The van der Waals surface area contributed by atoms with Gasteiger partial charge in [-0.15, -0.1) is 0 Å². The van der Waals surface area contributed by atoms with Gasteiger partial charge in [-0.1, -0.05) is 12.1 Å². The zero-order chi connectivity index (χ0) is 22.0. The van der Waals surface area contributed by atoms with Crippen molar-refractivity contribution in [3.05, 3.63) is 47.7 Å². The van der Waals surface area contributed by atoms with Crippen molar-refractivity contribution in [2.45, 2.75) is 13.5 Å². The predicted molar refractivity (Wildman–Crippen MR) is 115 cm³/mol. The maximum Gasteiger partial charge on any atom is 0.256 e. The Labute approximate surface area is 180 Å². The van der Waals surface area contributed by atoms with E-state index in [0.29, 0.717) is 43.2 Å². The van der Waals surface area contributed by atoms with E-state index in [1.54, 1.807) is 23.0 Å². The molecule has 0 spiro atoms. The zero-order valence-electron chi connectivity index (χ0n) is 17.6. The van der Waals surface area contributed by atoms with E-state index in [9.17, 15) is 14.4 Å². The maximum absolute atomic E-state index is 13.0. The molecule has 2 aliphatic heterocycles. The van der Waals surface area contributed by atoms with Crippen molar-refractivity contribution in [3.63, 3.8) is 0 Å². The van der Waals surface area contributed by atoms with Gasteiger partial charge in [-0.25, -0.2) is 4.98 Å². The number of hydrogen-bond donors (Lipinski definition) is 1. The van der Waals surface area contributed by atoms with Crippen molar-refractivity contribution in [1.29, 1.82) is 0 Å². The van der Waals surface area contributed by atoms with E-state index in [-0.39, 0.29) is 30.8 Å². The number of fused-ring (bicyclic) bond motifs is 1. The van der Waals surface area contributed by atoms with Gasteiger partial charge in [0.1, 0.15) is 12.3 Å². The molecule has 9 heteroatoms. The highest BCUT2D eigenvalue weighted by Gasteiger charge is 2.30. The summed E-state index contributed by atoms with van der Waals surface area (Å²) in [5.41, 5.74) is 1.84. The third kappa shape index (κ3) is 4.16. The van der Waals surface area contributed by atoms with E-state index < -0.39 is 0 Å². The lowest BCUT2D eigenvalue weighted by molar-refractivity contribution is -0.134. The van der Waals surface area contributed by atoms with Crippen LogP contribution >= 0.6 is 0 Å². The Balaban J connectivity index is 1.57. The third-order valence-corrected chi connectivity index (χ3v) is 5.60. The van der Waals surface area contributed by atoms with Crippen LogP contribution in [-0.4, -0.2) is 72.3 Å². The Morgan fingerprint density at radius 3 is 2.61 bits per heavy atom. The normalized spacial score (nSPS) is 16.1. The lowest BCUT2D eigenvalue weighted by atomic mass is 10.1. The van der Waals surface area contributed by atoms with Gasteiger partial charge in [-0.2, -0.15) is 0 Å². The molecular weight excluding hydrogens is 398 g/mol. The molecule has 1 aromatic heterocycles. The molecular formula is C22H25N5O4. The molecule has 4 rings (SSSR count). The number of methoxy groups -OCH3 is 1. The Hall–Kier alpha value is -3.62. The van der Waals surface area contributed by atoms with Gasteiger partial charge < -0.3 is 24.8 Å². The molecule has 0 aliphatic carbocycles. The third-order valence-electron chi connectivity index (χ3n) is 5.60. The Morgan fingerprint density at radius 2 is 1.94 bits per heavy atom. The zero-order valence-corrected chi connectivity index (χ0v) is 17.6. The molecule has 2 aromatic rings. The van der Waals surface area contributed by atoms with Crippen molar-refractivity contribution in [2.75, 3.05) is 50.1 Å². The fraction of sp³-hybridized carbons (Fsp3) is 0.364. The summed E-state index contributed by atoms with van der Waals surface area (Å²) in [5, 5.41) is 3.00. The highest BCUT2D eigenvalue weighted by Crippen LogP contribution is 2.30. The summed E-state index contributed by atoms with van der Waals surface area (Å²) in [5.74, 6) is 0.855. The van der Waals surface area contributed by atoms with Crippen molar-refractivity contribution in [1.82, 2.24) is 14.8 Å². The molecule has 162 valence electrons. The second kappa shape index (κ2) is 8.63. The van der Waals surface area contributed by atoms with Gasteiger partial charge in [-0.05, 0) is 30.7 Å². The van der Waals surface area contributed by atoms with Crippen LogP contribution in [0.2, 0.25) is 0 Å². The Morgan fingerprint density at radius 1 is 1.16 bits per heavy atom. The fourth-order valence-electron chi connectivity index (χ4n) is 3.79. The van der Waals surface area contributed by atoms with E-state index in [1.807, 2.05) is 31.2 Å². The van der Waals surface area contributed by atoms with Gasteiger partial charge in [0.25, 0.3) is 5.91 Å². The summed E-state index contributed by atoms with van der Waals surface area (Å²) in [6.45, 7) is 4.09. The summed E-state index contributed by atoms with van der Waals surface area (Å²) < 4.78 is 5.19. The number of pyridine rings is 1. The topological polar surface area (TPSA) is 95.1 Å². The molecule has 9 nitrogen and oxygen atoms in total. The Bertz CT molecular complexity index is 1010. The summed E-state index contributed by atoms with van der Waals surface area (Å²) in [4.78, 5) is 47.1. The minimum absolute atomic E-state index is 0.0521. The Kier molecular flexibility index (Phi) is 5.75. The quantitative estimate of drug-likeness (QED) is 0.780. The average molecular weight is 423 g/mol. The van der Waals surface area contributed by atoms with Crippen molar-refractivity contribution in [2.24, 2.45) is 0 Å². The second-order valence-electron chi connectivity index (χ2n) is 7.47. The summed E-state index contributed by atoms with van der Waals surface area (Å²) >= 11 is 0. The lowest BCUT2D eigenvalue weighted by Crippen LogP contribution is -2.52. The van der Waals surface area contributed by atoms with E-state index in [2.05, 4.69) is 10.3 Å². The van der Waals surface area contributed by atoms with Crippen LogP contribution in [0, 0.1) is 0 Å². The van der Waals surface area contributed by atoms with Gasteiger partial charge in [0, 0.05) is 25.8 Å². The summed E-state index contributed by atoms with van der Waals surface area (Å²) in [7, 11) is 1.60. The van der Waals surface area contributed by atoms with Crippen LogP contribution in [-0.2, 0) is 16.1 Å². The minimum Gasteiger partial charge on any atom is -0.497 e. The van der Waals surface area contributed by atoms with E-state index >= 15 is 0 Å². The molecule has 0 saturated carbocycles. The number of ether oxygens (including phenoxy) is 1. The van der Waals surface area contributed by atoms with Gasteiger partial charge in [0.15, 0.2) is 5.82 Å². The van der Waals surface area contributed by atoms with Gasteiger partial charge in [0.05, 0.1) is 31.5 Å². The number of amides is 3. The molecule has 0 atom stereocenters. The van der Waals surface area contributed by atoms with E-state index in [0.717, 1.165) is 11.3 Å². The molecule has 1 aromatic carbocycles. The number of anilines is 2. The number of rotatable bonds is 5. The molecule has 1 saturated heterocycles. The number of benzene rings is 1. The highest BCUT2D eigenvalue weighted by atomic mass is 16.5. The van der Waals surface area contributed by atoms with Crippen LogP contribution in [0.5, 0.6) is 5.75 Å². The summed E-state index contributed by atoms with van der Waals surface area (Å²) in [6, 6.07) is 9.15. The van der Waals surface area contributed by atoms with Crippen LogP contribution in [0.25, 0.3) is 0 Å². The molecule has 0 bridgehead atoms. The minimum atomic E-state index is -0.262. The van der Waals surface area contributed by atoms with Gasteiger partial charge in [0.2, 0.25) is 11.8 Å². The molecule has 0 radical (unpaired) electrons. The first-order valence-electron chi connectivity index (χ1n) is 10.2. The number of hydrogen-bond acceptors (Lipinski definition) is 6. The average Bonchev–Trinajstić information content (AvgIpc) is 2.80. The fourth-order valence-corrected chi connectivity index (χ4v) is 3.79. The molecule has 3 amide bonds. The number of likely N-dealkylation sites (N-methyl/N-ethyl adjacent to an activating group) is 1. The largest absolute Gasteiger partial charge is 0.497 e. The van der Waals surface area contributed by atoms with Crippen LogP contribution in [0.1, 0.15) is 22.8 Å². The lowest BCUT2D eigenvalue weighted by Gasteiger charge is -2.34. The van der Waals surface area contributed by atoms with Crippen LogP contribution < -0.4 is 15.0 Å². The molecule has 0 unspecified atom stereocenters. The number of carbonyl (C=O) groups is 3. The first kappa shape index (κ1) is 20.6. The number of piperazine rings is 1. The van der Waals surface area contributed by atoms with E-state index in [1.165, 1.54) is 11.1 Å². The molecule has 1 fully saturated rings. The van der Waals surface area contributed by atoms with Crippen LogP contribution in [0.15, 0.2) is 36.5 Å². The molecule has 1 N–H and O–H groups in total. The predicted octanol–water partition coefficient (Wildman–Crippen LogP) is 1.35. The smallest absolute Gasteiger partial charge is 0.256 e. The number of carbonyl (C=O) groups excluding carboxylic acids is 3. The monoisotopic (exact) mass is 423 g/mol. The second-order valence-corrected chi connectivity index (χ2v) is 7.47. The number of aromatic nitrogens is 1. The number of nitrogens with zero attached hydrogens (tertiary/aromatic N) is 4. The number of nitrogens with one attached hydrogen (secondary N) is 1. The first-order chi connectivity index (χ1) is 15.0. The molecule has 31 heavy (non-hydrogen) atoms. The molecule has 2 aliphatic rings. The maximum atomic E-state index is 13.0. The van der Waals surface area contributed by atoms with Gasteiger partial charge >= 0.3 is 0 Å². The summed E-state index contributed by atoms with van der Waals surface area (Å²) in [6.07, 6.45) is 1.49. The first-order valence-corrected chi connectivity index (χ1v) is 10.2. The molecule has 3 heterocycles. The van der Waals surface area contributed by atoms with Crippen molar-refractivity contribution >= 4 is 29.2 Å². The standard InChI is InChI=1S/C22H25N5O4/c1-3-25-8-9-26(14-20(25)29)22(30)16-10-18-21(23-11-16)24-12-19(28)27(18)13-15-4-6-17(31-2)7-5-15/h4-7,10-11H,3,8-9,12-14H2,1-2H3,(H,23,24). The van der Waals surface area contributed by atoms with E-state index in [4.69, 9.17) is 4.74 Å². The highest BCUT2D eigenvalue weighted by molar-refractivity contribution is 6.04. The van der Waals surface area contributed by atoms with Gasteiger partial charge in [-0.3, -0.25) is 14.4 Å².